The molecule has 0 aliphatic heterocycles. The second-order valence-corrected chi connectivity index (χ2v) is 7.34. The van der Waals surface area contributed by atoms with E-state index in [1.807, 2.05) is 34.9 Å². The van der Waals surface area contributed by atoms with Gasteiger partial charge in [-0.25, -0.2) is 4.79 Å². The molecule has 7 heteroatoms. The van der Waals surface area contributed by atoms with E-state index in [9.17, 15) is 4.79 Å². The predicted octanol–water partition coefficient (Wildman–Crippen LogP) is 3.64. The molecule has 0 saturated carbocycles. The summed E-state index contributed by atoms with van der Waals surface area (Å²) in [6.45, 7) is 2.36. The highest BCUT2D eigenvalue weighted by atomic mass is 32.2. The molecule has 0 aliphatic rings. The molecule has 6 nitrogen and oxygen atoms in total. The second-order valence-electron chi connectivity index (χ2n) is 6.40. The lowest BCUT2D eigenvalue weighted by atomic mass is 10.2. The third-order valence-corrected chi connectivity index (χ3v) is 5.01. The van der Waals surface area contributed by atoms with Crippen LogP contribution in [-0.2, 0) is 12.3 Å². The fraction of sp³-hybridized carbons (Fsp3) is 0.250. The van der Waals surface area contributed by atoms with Gasteiger partial charge in [0.25, 0.3) is 0 Å². The van der Waals surface area contributed by atoms with Crippen molar-refractivity contribution in [2.24, 2.45) is 0 Å². The minimum absolute atomic E-state index is 0.160. The van der Waals surface area contributed by atoms with E-state index in [1.165, 1.54) is 16.0 Å². The monoisotopic (exact) mass is 381 g/mol. The van der Waals surface area contributed by atoms with Crippen LogP contribution in [0.25, 0.3) is 5.69 Å². The maximum absolute atomic E-state index is 11.9. The normalized spacial score (nSPS) is 10.6. The summed E-state index contributed by atoms with van der Waals surface area (Å²) in [6, 6.07) is 18.3. The summed E-state index contributed by atoms with van der Waals surface area (Å²) >= 11 is 1.63. The van der Waals surface area contributed by atoms with Crippen LogP contribution in [0, 0.1) is 6.92 Å². The molecule has 0 aliphatic carbocycles. The van der Waals surface area contributed by atoms with Crippen molar-refractivity contribution in [1.82, 2.24) is 25.0 Å². The van der Waals surface area contributed by atoms with Gasteiger partial charge in [-0.05, 0) is 24.6 Å². The van der Waals surface area contributed by atoms with Gasteiger partial charge in [-0.2, -0.15) is 0 Å². The lowest BCUT2D eigenvalue weighted by Gasteiger charge is -2.13. The lowest BCUT2D eigenvalue weighted by molar-refractivity contribution is 0.216. The molecule has 3 rings (SSSR count). The van der Waals surface area contributed by atoms with E-state index in [4.69, 9.17) is 0 Å². The quantitative estimate of drug-likeness (QED) is 0.662. The van der Waals surface area contributed by atoms with Crippen LogP contribution in [0.3, 0.4) is 0 Å². The molecule has 27 heavy (non-hydrogen) atoms. The van der Waals surface area contributed by atoms with E-state index in [0.29, 0.717) is 12.4 Å². The fourth-order valence-electron chi connectivity index (χ4n) is 2.50. The number of urea groups is 1. The van der Waals surface area contributed by atoms with E-state index in [-0.39, 0.29) is 6.03 Å². The summed E-state index contributed by atoms with van der Waals surface area (Å²) in [5.74, 6) is 1.50. The summed E-state index contributed by atoms with van der Waals surface area (Å²) in [6.07, 6.45) is 0. The van der Waals surface area contributed by atoms with Crippen LogP contribution in [0.4, 0.5) is 4.79 Å². The van der Waals surface area contributed by atoms with Crippen molar-refractivity contribution in [1.29, 1.82) is 0 Å². The Morgan fingerprint density at radius 1 is 1.07 bits per heavy atom. The summed E-state index contributed by atoms with van der Waals surface area (Å²) in [7, 11) is 3.42. The molecule has 2 aromatic carbocycles. The number of carbonyl (C=O) groups excluding carboxylic acids is 1. The Bertz CT molecular complexity index is 890. The van der Waals surface area contributed by atoms with Crippen molar-refractivity contribution in [2.75, 3.05) is 14.1 Å². The molecule has 0 radical (unpaired) electrons. The molecule has 0 fully saturated rings. The average molecular weight is 382 g/mol. The van der Waals surface area contributed by atoms with E-state index < -0.39 is 0 Å². The largest absolute Gasteiger partial charge is 0.331 e. The number of rotatable bonds is 6. The van der Waals surface area contributed by atoms with Crippen molar-refractivity contribution >= 4 is 17.8 Å². The number of aryl methyl sites for hydroxylation is 1. The predicted molar refractivity (Wildman–Crippen MR) is 108 cm³/mol. The highest BCUT2D eigenvalue weighted by molar-refractivity contribution is 7.98. The molecule has 0 saturated heterocycles. The van der Waals surface area contributed by atoms with E-state index in [0.717, 1.165) is 16.6 Å². The molecule has 0 spiro atoms. The first kappa shape index (κ1) is 19.0. The van der Waals surface area contributed by atoms with Gasteiger partial charge in [0.2, 0.25) is 0 Å². The first-order chi connectivity index (χ1) is 13.0. The zero-order chi connectivity index (χ0) is 19.2. The van der Waals surface area contributed by atoms with Gasteiger partial charge >= 0.3 is 6.03 Å². The Hall–Kier alpha value is -2.80. The SMILES string of the molecule is Cc1ccc(-n2c(CNC(=O)N(C)C)nnc2SCc2ccccc2)cc1. The smallest absolute Gasteiger partial charge is 0.317 e. The fourth-order valence-corrected chi connectivity index (χ4v) is 3.42. The maximum atomic E-state index is 11.9. The van der Waals surface area contributed by atoms with Crippen LogP contribution < -0.4 is 5.32 Å². The van der Waals surface area contributed by atoms with Gasteiger partial charge in [0.1, 0.15) is 0 Å². The van der Waals surface area contributed by atoms with Crippen LogP contribution in [0.1, 0.15) is 17.0 Å². The van der Waals surface area contributed by atoms with E-state index in [2.05, 4.69) is 46.7 Å². The Labute approximate surface area is 163 Å². The molecule has 1 N–H and O–H groups in total. The van der Waals surface area contributed by atoms with E-state index >= 15 is 0 Å². The van der Waals surface area contributed by atoms with Crippen molar-refractivity contribution in [2.45, 2.75) is 24.4 Å². The Morgan fingerprint density at radius 3 is 2.44 bits per heavy atom. The number of nitrogens with zero attached hydrogens (tertiary/aromatic N) is 4. The molecule has 0 unspecified atom stereocenters. The number of amides is 2. The molecule has 140 valence electrons. The van der Waals surface area contributed by atoms with Crippen molar-refractivity contribution in [3.8, 4) is 5.69 Å². The number of hydrogen-bond acceptors (Lipinski definition) is 4. The number of benzene rings is 2. The van der Waals surface area contributed by atoms with Crippen LogP contribution >= 0.6 is 11.8 Å². The van der Waals surface area contributed by atoms with Gasteiger partial charge in [-0.3, -0.25) is 4.57 Å². The molecular formula is C20H23N5OS. The first-order valence-corrected chi connectivity index (χ1v) is 9.66. The summed E-state index contributed by atoms with van der Waals surface area (Å²) in [5, 5.41) is 12.3. The Kier molecular flexibility index (Phi) is 6.13. The molecular weight excluding hydrogens is 358 g/mol. The van der Waals surface area contributed by atoms with Crippen LogP contribution in [0.15, 0.2) is 59.8 Å². The third kappa shape index (κ3) is 4.89. The molecule has 0 bridgehead atoms. The van der Waals surface area contributed by atoms with Gasteiger partial charge < -0.3 is 10.2 Å². The van der Waals surface area contributed by atoms with Gasteiger partial charge in [-0.1, -0.05) is 59.8 Å². The lowest BCUT2D eigenvalue weighted by Crippen LogP contribution is -2.34. The number of hydrogen-bond donors (Lipinski definition) is 1. The van der Waals surface area contributed by atoms with Gasteiger partial charge in [0.15, 0.2) is 11.0 Å². The summed E-state index contributed by atoms with van der Waals surface area (Å²) < 4.78 is 2.00. The van der Waals surface area contributed by atoms with Crippen LogP contribution in [0.2, 0.25) is 0 Å². The number of aromatic nitrogens is 3. The summed E-state index contributed by atoms with van der Waals surface area (Å²) in [4.78, 5) is 13.4. The van der Waals surface area contributed by atoms with Crippen molar-refractivity contribution in [3.63, 3.8) is 0 Å². The standard InChI is InChI=1S/C20H23N5OS/c1-15-9-11-17(12-10-15)25-18(13-21-19(26)24(2)3)22-23-20(25)27-14-16-7-5-4-6-8-16/h4-12H,13-14H2,1-3H3,(H,21,26). The highest BCUT2D eigenvalue weighted by Crippen LogP contribution is 2.25. The minimum Gasteiger partial charge on any atom is -0.331 e. The second kappa shape index (κ2) is 8.73. The van der Waals surface area contributed by atoms with Crippen molar-refractivity contribution in [3.05, 3.63) is 71.5 Å². The van der Waals surface area contributed by atoms with Gasteiger partial charge in [-0.15, -0.1) is 10.2 Å². The van der Waals surface area contributed by atoms with Crippen molar-refractivity contribution < 1.29 is 4.79 Å². The topological polar surface area (TPSA) is 63.1 Å². The maximum Gasteiger partial charge on any atom is 0.317 e. The van der Waals surface area contributed by atoms with Crippen LogP contribution in [-0.4, -0.2) is 39.8 Å². The third-order valence-electron chi connectivity index (χ3n) is 4.01. The first-order valence-electron chi connectivity index (χ1n) is 8.68. The molecule has 1 aromatic heterocycles. The zero-order valence-electron chi connectivity index (χ0n) is 15.7. The average Bonchev–Trinajstić information content (AvgIpc) is 3.08. The van der Waals surface area contributed by atoms with Crippen LogP contribution in [0.5, 0.6) is 0 Å². The Balaban J connectivity index is 1.85. The minimum atomic E-state index is -0.160. The van der Waals surface area contributed by atoms with Gasteiger partial charge in [0.05, 0.1) is 6.54 Å². The Morgan fingerprint density at radius 2 is 1.78 bits per heavy atom. The summed E-state index contributed by atoms with van der Waals surface area (Å²) in [5.41, 5.74) is 3.39. The molecule has 0 atom stereocenters. The number of nitrogens with one attached hydrogen (secondary N) is 1. The highest BCUT2D eigenvalue weighted by Gasteiger charge is 2.16. The zero-order valence-corrected chi connectivity index (χ0v) is 16.5. The van der Waals surface area contributed by atoms with Gasteiger partial charge in [0, 0.05) is 25.5 Å². The number of thioether (sulfide) groups is 1. The molecule has 1 heterocycles. The van der Waals surface area contributed by atoms with E-state index in [1.54, 1.807) is 25.9 Å². The molecule has 3 aromatic rings. The number of carbonyl (C=O) groups is 1. The molecule has 2 amide bonds.